The third-order valence-electron chi connectivity index (χ3n) is 3.31. The minimum absolute atomic E-state index is 0.0178. The third-order valence-corrected chi connectivity index (χ3v) is 3.31. The number of hydrogen-bond donors (Lipinski definition) is 2. The van der Waals surface area contributed by atoms with E-state index in [1.54, 1.807) is 0 Å². The van der Waals surface area contributed by atoms with E-state index in [4.69, 9.17) is 0 Å². The van der Waals surface area contributed by atoms with E-state index in [1.165, 1.54) is 0 Å². The van der Waals surface area contributed by atoms with Crippen LogP contribution >= 0.6 is 0 Å². The van der Waals surface area contributed by atoms with Crippen LogP contribution in [0, 0.1) is 0 Å². The first-order chi connectivity index (χ1) is 7.81. The van der Waals surface area contributed by atoms with Gasteiger partial charge in [-0.05, 0) is 18.6 Å². The molecule has 1 aromatic carbocycles. The highest BCUT2D eigenvalue weighted by Crippen LogP contribution is 2.40. The van der Waals surface area contributed by atoms with Gasteiger partial charge in [-0.3, -0.25) is 4.79 Å². The minimum Gasteiger partial charge on any atom is -0.382 e. The molecule has 2 aliphatic rings. The molecule has 0 spiro atoms. The quantitative estimate of drug-likeness (QED) is 0.751. The Kier molecular flexibility index (Phi) is 2.02. The molecule has 1 unspecified atom stereocenters. The monoisotopic (exact) mass is 217 g/mol. The summed E-state index contributed by atoms with van der Waals surface area (Å²) in [6.07, 6.45) is 0.847. The number of anilines is 3. The predicted octanol–water partition coefficient (Wildman–Crippen LogP) is 1.65. The standard InChI is InChI=1S/C12H15N3O/c1-2-10-12(16)14-9-5-3-4-8-11(9)15(10)7-6-13-8/h3-5,10,13H,2,6-7H2,1H3,(H,14,16). The van der Waals surface area contributed by atoms with E-state index in [9.17, 15) is 4.79 Å². The van der Waals surface area contributed by atoms with Gasteiger partial charge in [0, 0.05) is 13.1 Å². The van der Waals surface area contributed by atoms with Gasteiger partial charge < -0.3 is 15.5 Å². The zero-order valence-corrected chi connectivity index (χ0v) is 9.29. The zero-order chi connectivity index (χ0) is 11.1. The van der Waals surface area contributed by atoms with Crippen LogP contribution in [0.3, 0.4) is 0 Å². The second-order valence-electron chi connectivity index (χ2n) is 4.24. The van der Waals surface area contributed by atoms with Crippen LogP contribution in [0.2, 0.25) is 0 Å². The van der Waals surface area contributed by atoms with Crippen LogP contribution in [0.25, 0.3) is 0 Å². The fraction of sp³-hybridized carbons (Fsp3) is 0.417. The molecular formula is C12H15N3O. The number of amides is 1. The molecule has 1 aromatic rings. The van der Waals surface area contributed by atoms with Gasteiger partial charge >= 0.3 is 0 Å². The summed E-state index contributed by atoms with van der Waals surface area (Å²) in [6.45, 7) is 3.86. The van der Waals surface area contributed by atoms with Gasteiger partial charge in [0.05, 0.1) is 17.1 Å². The van der Waals surface area contributed by atoms with Crippen LogP contribution in [-0.2, 0) is 4.79 Å². The van der Waals surface area contributed by atoms with Crippen molar-refractivity contribution in [1.82, 2.24) is 0 Å². The van der Waals surface area contributed by atoms with Crippen molar-refractivity contribution < 1.29 is 4.79 Å². The Morgan fingerprint density at radius 1 is 1.44 bits per heavy atom. The summed E-state index contributed by atoms with van der Waals surface area (Å²) in [6, 6.07) is 5.98. The van der Waals surface area contributed by atoms with Gasteiger partial charge in [-0.15, -0.1) is 0 Å². The predicted molar refractivity (Wildman–Crippen MR) is 65.0 cm³/mol. The van der Waals surface area contributed by atoms with Crippen LogP contribution in [0.5, 0.6) is 0 Å². The van der Waals surface area contributed by atoms with E-state index >= 15 is 0 Å². The van der Waals surface area contributed by atoms with Gasteiger partial charge in [0.25, 0.3) is 0 Å². The molecule has 0 radical (unpaired) electrons. The number of hydrogen-bond acceptors (Lipinski definition) is 3. The van der Waals surface area contributed by atoms with Crippen molar-refractivity contribution in [1.29, 1.82) is 0 Å². The third kappa shape index (κ3) is 1.19. The smallest absolute Gasteiger partial charge is 0.247 e. The highest BCUT2D eigenvalue weighted by Gasteiger charge is 2.34. The molecule has 4 heteroatoms. The first kappa shape index (κ1) is 9.51. The van der Waals surface area contributed by atoms with Gasteiger partial charge in [-0.2, -0.15) is 0 Å². The highest BCUT2D eigenvalue weighted by molar-refractivity contribution is 6.06. The van der Waals surface area contributed by atoms with E-state index in [2.05, 4.69) is 28.5 Å². The topological polar surface area (TPSA) is 44.4 Å². The molecule has 0 aliphatic carbocycles. The van der Waals surface area contributed by atoms with Crippen molar-refractivity contribution in [2.75, 3.05) is 28.6 Å². The highest BCUT2D eigenvalue weighted by atomic mass is 16.2. The number of para-hydroxylation sites is 1. The lowest BCUT2D eigenvalue weighted by Gasteiger charge is -2.41. The summed E-state index contributed by atoms with van der Waals surface area (Å²) in [5.41, 5.74) is 3.21. The van der Waals surface area contributed by atoms with Crippen molar-refractivity contribution in [3.63, 3.8) is 0 Å². The first-order valence-corrected chi connectivity index (χ1v) is 5.75. The van der Waals surface area contributed by atoms with Crippen molar-refractivity contribution >= 4 is 23.0 Å². The second-order valence-corrected chi connectivity index (χ2v) is 4.24. The summed E-state index contributed by atoms with van der Waals surface area (Å²) in [7, 11) is 0. The number of nitrogens with one attached hydrogen (secondary N) is 2. The molecule has 3 rings (SSSR count). The average Bonchev–Trinajstić information content (AvgIpc) is 2.30. The molecule has 2 aliphatic heterocycles. The molecule has 2 heterocycles. The van der Waals surface area contributed by atoms with Crippen molar-refractivity contribution in [2.24, 2.45) is 0 Å². The van der Waals surface area contributed by atoms with E-state index in [-0.39, 0.29) is 11.9 Å². The maximum Gasteiger partial charge on any atom is 0.247 e. The Morgan fingerprint density at radius 2 is 2.25 bits per heavy atom. The largest absolute Gasteiger partial charge is 0.382 e. The lowest BCUT2D eigenvalue weighted by Crippen LogP contribution is -2.51. The first-order valence-electron chi connectivity index (χ1n) is 5.75. The lowest BCUT2D eigenvalue weighted by molar-refractivity contribution is -0.117. The van der Waals surface area contributed by atoms with Crippen LogP contribution in [0.1, 0.15) is 13.3 Å². The normalized spacial score (nSPS) is 22.2. The number of carbonyl (C=O) groups excluding carboxylic acids is 1. The number of benzene rings is 1. The van der Waals surface area contributed by atoms with Crippen molar-refractivity contribution in [3.8, 4) is 0 Å². The Morgan fingerprint density at radius 3 is 3.06 bits per heavy atom. The molecule has 1 atom stereocenters. The molecule has 84 valence electrons. The minimum atomic E-state index is -0.0178. The number of carbonyl (C=O) groups is 1. The maximum absolute atomic E-state index is 11.9. The van der Waals surface area contributed by atoms with E-state index in [0.29, 0.717) is 0 Å². The second kappa shape index (κ2) is 3.40. The van der Waals surface area contributed by atoms with Crippen LogP contribution < -0.4 is 15.5 Å². The van der Waals surface area contributed by atoms with Gasteiger partial charge in [-0.25, -0.2) is 0 Å². The number of nitrogens with zero attached hydrogens (tertiary/aromatic N) is 1. The van der Waals surface area contributed by atoms with Gasteiger partial charge in [-0.1, -0.05) is 13.0 Å². The molecule has 4 nitrogen and oxygen atoms in total. The summed E-state index contributed by atoms with van der Waals surface area (Å²) >= 11 is 0. The Hall–Kier alpha value is -1.71. The molecule has 0 bridgehead atoms. The Balaban J connectivity index is 2.15. The maximum atomic E-state index is 11.9. The molecule has 16 heavy (non-hydrogen) atoms. The van der Waals surface area contributed by atoms with Crippen LogP contribution in [-0.4, -0.2) is 25.0 Å². The Labute approximate surface area is 94.6 Å². The van der Waals surface area contributed by atoms with Crippen LogP contribution in [0.4, 0.5) is 17.1 Å². The summed E-state index contributed by atoms with van der Waals surface area (Å²) in [5.74, 6) is 0.119. The molecule has 1 amide bonds. The fourth-order valence-electron chi connectivity index (χ4n) is 2.59. The summed E-state index contributed by atoms with van der Waals surface area (Å²) < 4.78 is 0. The fourth-order valence-corrected chi connectivity index (χ4v) is 2.59. The average molecular weight is 217 g/mol. The summed E-state index contributed by atoms with van der Waals surface area (Å²) in [5, 5.41) is 6.35. The van der Waals surface area contributed by atoms with Crippen LogP contribution in [0.15, 0.2) is 18.2 Å². The van der Waals surface area contributed by atoms with Gasteiger partial charge in [0.2, 0.25) is 5.91 Å². The molecular weight excluding hydrogens is 202 g/mol. The van der Waals surface area contributed by atoms with Gasteiger partial charge in [0.1, 0.15) is 6.04 Å². The molecule has 0 fully saturated rings. The van der Waals surface area contributed by atoms with Gasteiger partial charge in [0.15, 0.2) is 0 Å². The number of rotatable bonds is 1. The molecule has 2 N–H and O–H groups in total. The zero-order valence-electron chi connectivity index (χ0n) is 9.29. The van der Waals surface area contributed by atoms with Crippen molar-refractivity contribution in [3.05, 3.63) is 18.2 Å². The Bertz CT molecular complexity index is 444. The van der Waals surface area contributed by atoms with E-state index in [0.717, 1.165) is 36.6 Å². The molecule has 0 saturated carbocycles. The molecule has 0 aromatic heterocycles. The summed E-state index contributed by atoms with van der Waals surface area (Å²) in [4.78, 5) is 14.1. The lowest BCUT2D eigenvalue weighted by atomic mass is 10.0. The van der Waals surface area contributed by atoms with Crippen molar-refractivity contribution in [2.45, 2.75) is 19.4 Å². The SMILES string of the molecule is CCC1C(=O)Nc2cccc3c2N1CCN3. The molecule has 0 saturated heterocycles. The van der Waals surface area contributed by atoms with E-state index < -0.39 is 0 Å². The van der Waals surface area contributed by atoms with E-state index in [1.807, 2.05) is 12.1 Å².